The molecular weight excluding hydrogens is 456 g/mol. The van der Waals surface area contributed by atoms with Crippen molar-refractivity contribution in [2.45, 2.75) is 18.2 Å². The van der Waals surface area contributed by atoms with Crippen LogP contribution in [-0.4, -0.2) is 83.0 Å². The van der Waals surface area contributed by atoms with Crippen LogP contribution in [-0.2, 0) is 19.6 Å². The van der Waals surface area contributed by atoms with Gasteiger partial charge in [-0.2, -0.15) is 0 Å². The third-order valence-corrected chi connectivity index (χ3v) is 7.06. The SMILES string of the molecule is COCCCNC(=O)CN1CCN(C(=O)c2ccc(S(=O)(=O)Nc3ccccc3C)cc2)CC1. The summed E-state index contributed by atoms with van der Waals surface area (Å²) in [6.45, 7) is 5.53. The standard InChI is InChI=1S/C24H32N4O5S/c1-19-6-3-4-7-22(19)26-34(31,32)21-10-8-20(9-11-21)24(30)28-15-13-27(14-16-28)18-23(29)25-12-5-17-33-2/h3-4,6-11,26H,5,12-18H2,1-2H3,(H,25,29). The Morgan fingerprint density at radius 3 is 2.32 bits per heavy atom. The highest BCUT2D eigenvalue weighted by molar-refractivity contribution is 7.92. The fourth-order valence-electron chi connectivity index (χ4n) is 3.66. The second kappa shape index (κ2) is 12.0. The molecule has 0 unspecified atom stereocenters. The van der Waals surface area contributed by atoms with Gasteiger partial charge in [-0.3, -0.25) is 19.2 Å². The van der Waals surface area contributed by atoms with Crippen molar-refractivity contribution in [2.24, 2.45) is 0 Å². The van der Waals surface area contributed by atoms with Gasteiger partial charge in [0.25, 0.3) is 15.9 Å². The van der Waals surface area contributed by atoms with Crippen LogP contribution in [0.25, 0.3) is 0 Å². The maximum atomic E-state index is 12.9. The van der Waals surface area contributed by atoms with E-state index in [-0.39, 0.29) is 16.7 Å². The van der Waals surface area contributed by atoms with E-state index < -0.39 is 10.0 Å². The van der Waals surface area contributed by atoms with E-state index in [4.69, 9.17) is 4.74 Å². The van der Waals surface area contributed by atoms with Crippen molar-refractivity contribution < 1.29 is 22.7 Å². The van der Waals surface area contributed by atoms with Crippen molar-refractivity contribution in [3.8, 4) is 0 Å². The second-order valence-electron chi connectivity index (χ2n) is 8.21. The zero-order valence-corrected chi connectivity index (χ0v) is 20.4. The first-order chi connectivity index (χ1) is 16.3. The first-order valence-corrected chi connectivity index (χ1v) is 12.7. The van der Waals surface area contributed by atoms with Crippen LogP contribution in [0.1, 0.15) is 22.3 Å². The number of benzene rings is 2. The molecule has 184 valence electrons. The van der Waals surface area contributed by atoms with Crippen molar-refractivity contribution >= 4 is 27.5 Å². The number of hydrogen-bond acceptors (Lipinski definition) is 6. The molecule has 0 aliphatic carbocycles. The van der Waals surface area contributed by atoms with Crippen molar-refractivity contribution in [2.75, 3.05) is 57.7 Å². The Morgan fingerprint density at radius 1 is 1.00 bits per heavy atom. The van der Waals surface area contributed by atoms with Gasteiger partial charge in [0.1, 0.15) is 0 Å². The largest absolute Gasteiger partial charge is 0.385 e. The second-order valence-corrected chi connectivity index (χ2v) is 9.89. The number of nitrogens with zero attached hydrogens (tertiary/aromatic N) is 2. The number of ether oxygens (including phenoxy) is 1. The van der Waals surface area contributed by atoms with E-state index in [1.807, 2.05) is 24.0 Å². The Balaban J connectivity index is 1.51. The van der Waals surface area contributed by atoms with Gasteiger partial charge in [0.2, 0.25) is 5.91 Å². The van der Waals surface area contributed by atoms with Crippen LogP contribution in [0.2, 0.25) is 0 Å². The predicted octanol–water partition coefficient (Wildman–Crippen LogP) is 1.71. The molecule has 0 radical (unpaired) electrons. The molecular formula is C24H32N4O5S. The molecule has 1 aliphatic heterocycles. The maximum Gasteiger partial charge on any atom is 0.261 e. The number of carbonyl (C=O) groups is 2. The number of methoxy groups -OCH3 is 1. The van der Waals surface area contributed by atoms with Gasteiger partial charge < -0.3 is 15.0 Å². The minimum atomic E-state index is -3.76. The van der Waals surface area contributed by atoms with Crippen molar-refractivity contribution in [3.05, 3.63) is 59.7 Å². The van der Waals surface area contributed by atoms with E-state index in [2.05, 4.69) is 10.0 Å². The molecule has 9 nitrogen and oxygen atoms in total. The van der Waals surface area contributed by atoms with Gasteiger partial charge in [-0.05, 0) is 49.2 Å². The molecule has 0 bridgehead atoms. The Morgan fingerprint density at radius 2 is 1.68 bits per heavy atom. The van der Waals surface area contributed by atoms with Gasteiger partial charge in [0.15, 0.2) is 0 Å². The summed E-state index contributed by atoms with van der Waals surface area (Å²) in [6, 6.07) is 13.1. The van der Waals surface area contributed by atoms with Gasteiger partial charge >= 0.3 is 0 Å². The third kappa shape index (κ3) is 7.02. The number of amides is 2. The van der Waals surface area contributed by atoms with E-state index >= 15 is 0 Å². The van der Waals surface area contributed by atoms with Crippen LogP contribution in [0.3, 0.4) is 0 Å². The predicted molar refractivity (Wildman–Crippen MR) is 130 cm³/mol. The average Bonchev–Trinajstić information content (AvgIpc) is 2.83. The lowest BCUT2D eigenvalue weighted by Crippen LogP contribution is -2.51. The monoisotopic (exact) mass is 488 g/mol. The molecule has 2 N–H and O–H groups in total. The van der Waals surface area contributed by atoms with E-state index in [1.54, 1.807) is 24.1 Å². The zero-order chi connectivity index (χ0) is 24.6. The quantitative estimate of drug-likeness (QED) is 0.493. The molecule has 2 amide bonds. The minimum absolute atomic E-state index is 0.0352. The van der Waals surface area contributed by atoms with Gasteiger partial charge in [-0.25, -0.2) is 8.42 Å². The molecule has 0 saturated carbocycles. The molecule has 1 aliphatic rings. The molecule has 1 fully saturated rings. The minimum Gasteiger partial charge on any atom is -0.385 e. The van der Waals surface area contributed by atoms with Gasteiger partial charge in [-0.1, -0.05) is 18.2 Å². The first kappa shape index (κ1) is 25.7. The molecule has 1 heterocycles. The van der Waals surface area contributed by atoms with Crippen molar-refractivity contribution in [1.29, 1.82) is 0 Å². The van der Waals surface area contributed by atoms with Crippen LogP contribution < -0.4 is 10.0 Å². The highest BCUT2D eigenvalue weighted by Gasteiger charge is 2.24. The number of aryl methyl sites for hydroxylation is 1. The molecule has 2 aromatic rings. The lowest BCUT2D eigenvalue weighted by Gasteiger charge is -2.34. The third-order valence-electron chi connectivity index (χ3n) is 5.68. The summed E-state index contributed by atoms with van der Waals surface area (Å²) in [5, 5.41) is 2.86. The molecule has 0 aromatic heterocycles. The molecule has 2 aromatic carbocycles. The van der Waals surface area contributed by atoms with Gasteiger partial charge in [-0.15, -0.1) is 0 Å². The molecule has 0 spiro atoms. The summed E-state index contributed by atoms with van der Waals surface area (Å²) in [7, 11) is -2.13. The Bertz CT molecular complexity index is 1080. The fraction of sp³-hybridized carbons (Fsp3) is 0.417. The normalized spacial score (nSPS) is 14.6. The van der Waals surface area contributed by atoms with E-state index in [0.29, 0.717) is 57.1 Å². The van der Waals surface area contributed by atoms with Crippen molar-refractivity contribution in [1.82, 2.24) is 15.1 Å². The summed E-state index contributed by atoms with van der Waals surface area (Å²) in [6.07, 6.45) is 0.770. The maximum absolute atomic E-state index is 12.9. The molecule has 1 saturated heterocycles. The summed E-state index contributed by atoms with van der Waals surface area (Å²) in [4.78, 5) is 28.7. The van der Waals surface area contributed by atoms with Gasteiger partial charge in [0, 0.05) is 52.0 Å². The number of nitrogens with one attached hydrogen (secondary N) is 2. The van der Waals surface area contributed by atoms with E-state index in [9.17, 15) is 18.0 Å². The zero-order valence-electron chi connectivity index (χ0n) is 19.6. The Kier molecular flexibility index (Phi) is 9.03. The van der Waals surface area contributed by atoms with Crippen LogP contribution in [0.15, 0.2) is 53.4 Å². The average molecular weight is 489 g/mol. The number of para-hydroxylation sites is 1. The number of hydrogen-bond donors (Lipinski definition) is 2. The number of rotatable bonds is 10. The summed E-state index contributed by atoms with van der Waals surface area (Å²) in [5.41, 5.74) is 1.77. The van der Waals surface area contributed by atoms with Gasteiger partial charge in [0.05, 0.1) is 17.1 Å². The number of anilines is 1. The molecule has 0 atom stereocenters. The topological polar surface area (TPSA) is 108 Å². The first-order valence-electron chi connectivity index (χ1n) is 11.3. The van der Waals surface area contributed by atoms with E-state index in [0.717, 1.165) is 12.0 Å². The summed E-state index contributed by atoms with van der Waals surface area (Å²) < 4.78 is 33.0. The smallest absolute Gasteiger partial charge is 0.261 e. The lowest BCUT2D eigenvalue weighted by atomic mass is 10.2. The van der Waals surface area contributed by atoms with Crippen LogP contribution >= 0.6 is 0 Å². The molecule has 3 rings (SSSR count). The number of sulfonamides is 1. The lowest BCUT2D eigenvalue weighted by molar-refractivity contribution is -0.122. The number of carbonyl (C=O) groups excluding carboxylic acids is 2. The summed E-state index contributed by atoms with van der Waals surface area (Å²) >= 11 is 0. The molecule has 10 heteroatoms. The van der Waals surface area contributed by atoms with Crippen LogP contribution in [0.5, 0.6) is 0 Å². The fourth-order valence-corrected chi connectivity index (χ4v) is 4.79. The van der Waals surface area contributed by atoms with E-state index in [1.165, 1.54) is 24.3 Å². The molecule has 34 heavy (non-hydrogen) atoms. The summed E-state index contributed by atoms with van der Waals surface area (Å²) in [5.74, 6) is -0.188. The highest BCUT2D eigenvalue weighted by atomic mass is 32.2. The van der Waals surface area contributed by atoms with Crippen LogP contribution in [0, 0.1) is 6.92 Å². The number of piperazine rings is 1. The van der Waals surface area contributed by atoms with Crippen molar-refractivity contribution in [3.63, 3.8) is 0 Å². The van der Waals surface area contributed by atoms with Crippen LogP contribution in [0.4, 0.5) is 5.69 Å². The Labute approximate surface area is 201 Å². The Hall–Kier alpha value is -2.95. The highest BCUT2D eigenvalue weighted by Crippen LogP contribution is 2.20.